The Bertz CT molecular complexity index is 1660. The van der Waals surface area contributed by atoms with Gasteiger partial charge in [0.25, 0.3) is 0 Å². The van der Waals surface area contributed by atoms with Crippen LogP contribution in [-0.4, -0.2) is 13.1 Å². The standard InChI is InChI=1S/C13H11O2.C11H9.Fe/c1-15-13(14)12-9-5-8-11(12)10-6-3-2-4-7-10;1-2-6-10(7-3-1)11-8-4-5-9-11;/h2-9H,1H3;1-9H;. The second-order valence-corrected chi connectivity index (χ2v) is 35.9. The topological polar surface area (TPSA) is 26.3 Å². The van der Waals surface area contributed by atoms with Crippen molar-refractivity contribution in [3.8, 4) is 0 Å². The minimum absolute atomic E-state index is 0.00729. The maximum absolute atomic E-state index is 13.7. The predicted molar refractivity (Wildman–Crippen MR) is 97.2 cm³/mol. The zero-order chi connectivity index (χ0) is 17.4. The Morgan fingerprint density at radius 1 is 0.815 bits per heavy atom. The molecule has 0 saturated carbocycles. The van der Waals surface area contributed by atoms with E-state index in [9.17, 15) is 4.79 Å². The summed E-state index contributed by atoms with van der Waals surface area (Å²) >= 11 is 0. The van der Waals surface area contributed by atoms with Crippen molar-refractivity contribution in [3.05, 3.63) is 71.8 Å². The summed E-state index contributed by atoms with van der Waals surface area (Å²) in [4.78, 5) is 20.5. The van der Waals surface area contributed by atoms with Gasteiger partial charge in [-0.3, -0.25) is 0 Å². The molecule has 10 aliphatic heterocycles. The normalized spacial score (nSPS) is 84.4. The first kappa shape index (κ1) is 11.4. The van der Waals surface area contributed by atoms with Gasteiger partial charge in [0.15, 0.2) is 0 Å². The fourth-order valence-electron chi connectivity index (χ4n) is 20.6. The van der Waals surface area contributed by atoms with Crippen molar-refractivity contribution in [1.29, 1.82) is 0 Å². The van der Waals surface area contributed by atoms with Gasteiger partial charge in [-0.15, -0.1) is 0 Å². The van der Waals surface area contributed by atoms with Crippen LogP contribution in [0.2, 0.25) is 38.0 Å². The van der Waals surface area contributed by atoms with Crippen molar-refractivity contribution in [2.75, 3.05) is 7.11 Å². The van der Waals surface area contributed by atoms with Gasteiger partial charge in [0.05, 0.1) is 0 Å². The van der Waals surface area contributed by atoms with E-state index in [1.54, 1.807) is 18.2 Å². The minimum atomic E-state index is -4.15. The number of methoxy groups -OCH3 is 1. The third kappa shape index (κ3) is 0.163. The van der Waals surface area contributed by atoms with Gasteiger partial charge < -0.3 is 0 Å². The first-order valence-corrected chi connectivity index (χ1v) is 16.5. The van der Waals surface area contributed by atoms with Crippen LogP contribution < -0.4 is 0 Å². The van der Waals surface area contributed by atoms with Crippen LogP contribution in [0.1, 0.15) is 11.1 Å². The molecule has 0 N–H and O–H groups in total. The molecule has 0 amide bonds. The van der Waals surface area contributed by atoms with E-state index in [2.05, 4.69) is 60.7 Å². The van der Waals surface area contributed by atoms with Crippen molar-refractivity contribution in [3.63, 3.8) is 0 Å². The summed E-state index contributed by atoms with van der Waals surface area (Å²) in [7, 11) is 1.67. The van der Waals surface area contributed by atoms with E-state index in [-0.39, 0.29) is 10.3 Å². The average Bonchev–Trinajstić information content (AvgIpc) is 3.68. The summed E-state index contributed by atoms with van der Waals surface area (Å²) in [6, 6.07) is 22.9. The third-order valence-electron chi connectivity index (χ3n) is 17.9. The molecule has 9 unspecified atom stereocenters. The van der Waals surface area contributed by atoms with E-state index in [0.717, 1.165) is 33.7 Å². The SMILES string of the molecule is COC(=O)[C]12[CH]3[CH]4[CH]5[C]1(c1ccccc1)[Fe]43521678[CH]2[CH]1[CH]6[C]7(c1ccccc1)[CH]28. The van der Waals surface area contributed by atoms with Crippen LogP contribution in [0.4, 0.5) is 0 Å². The molecule has 10 heterocycles. The number of hydrogen-bond donors (Lipinski definition) is 0. The number of fused-ring (bicyclic) bond motifs is 10. The molecule has 27 heavy (non-hydrogen) atoms. The molecule has 10 fully saturated rings. The molecule has 136 valence electrons. The van der Waals surface area contributed by atoms with Gasteiger partial charge in [0.1, 0.15) is 0 Å². The zero-order valence-electron chi connectivity index (χ0n) is 15.0. The molecule has 1 spiro atoms. The Labute approximate surface area is 147 Å². The monoisotopic (exact) mass is 396 g/mol. The summed E-state index contributed by atoms with van der Waals surface area (Å²) in [6.45, 7) is -4.15. The molecule has 0 aromatic heterocycles. The first-order valence-electron chi connectivity index (χ1n) is 10.4. The van der Waals surface area contributed by atoms with Crippen LogP contribution in [0, 0.1) is 0 Å². The molecule has 9 atom stereocenters. The van der Waals surface area contributed by atoms with Crippen molar-refractivity contribution in [2.45, 2.75) is 46.7 Å². The number of carbonyl (C=O) groups is 1. The van der Waals surface area contributed by atoms with Crippen LogP contribution in [0.5, 0.6) is 0 Å². The molecule has 10 saturated heterocycles. The molecule has 2 nitrogen and oxygen atoms in total. The number of rotatable bonds is 3. The second-order valence-electron chi connectivity index (χ2n) is 13.1. The van der Waals surface area contributed by atoms with Crippen LogP contribution in [0.25, 0.3) is 0 Å². The van der Waals surface area contributed by atoms with Crippen LogP contribution >= 0.6 is 0 Å². The molecule has 10 aliphatic rings. The summed E-state index contributed by atoms with van der Waals surface area (Å²) in [5.74, 6) is 0.239. The van der Waals surface area contributed by atoms with Crippen molar-refractivity contribution < 1.29 is 16.0 Å². The van der Waals surface area contributed by atoms with Gasteiger partial charge in [-0.1, -0.05) is 0 Å². The van der Waals surface area contributed by atoms with Gasteiger partial charge >= 0.3 is 148 Å². The van der Waals surface area contributed by atoms with Gasteiger partial charge in [0, 0.05) is 0 Å². The Balaban J connectivity index is 1.40. The van der Waals surface area contributed by atoms with Crippen molar-refractivity contribution >= 4 is 5.97 Å². The molecule has 0 aliphatic carbocycles. The Kier molecular flexibility index (Phi) is 0.541. The summed E-state index contributed by atoms with van der Waals surface area (Å²) in [5, 5.41) is 0. The Morgan fingerprint density at radius 2 is 1.41 bits per heavy atom. The number of hydrogen-bond acceptors (Lipinski definition) is 2. The molecule has 2 aromatic carbocycles. The van der Waals surface area contributed by atoms with E-state index in [0.29, 0.717) is 8.63 Å². The van der Waals surface area contributed by atoms with Crippen LogP contribution in [0.3, 0.4) is 0 Å². The third-order valence-corrected chi connectivity index (χ3v) is 61.0. The second kappa shape index (κ2) is 1.28. The molecule has 2 aromatic rings. The van der Waals surface area contributed by atoms with Gasteiger partial charge in [-0.2, -0.15) is 0 Å². The van der Waals surface area contributed by atoms with Crippen LogP contribution in [-0.2, 0) is 24.7 Å². The maximum atomic E-state index is 13.7. The Morgan fingerprint density at radius 3 is 1.93 bits per heavy atom. The molecule has 3 heteroatoms. The van der Waals surface area contributed by atoms with E-state index < -0.39 is 6.51 Å². The number of ether oxygens (including phenoxy) is 1. The number of benzene rings is 2. The molecule has 0 bridgehead atoms. The summed E-state index contributed by atoms with van der Waals surface area (Å²) in [5.41, 5.74) is 3.21. The predicted octanol–water partition coefficient (Wildman–Crippen LogP) is 5.13. The summed E-state index contributed by atoms with van der Waals surface area (Å²) in [6.07, 6.45) is 0. The average molecular weight is 396 g/mol. The molecule has 12 rings (SSSR count). The molecular weight excluding hydrogens is 376 g/mol. The molecule has 0 radical (unpaired) electrons. The molecular formula is C24H20FeO2. The summed E-state index contributed by atoms with van der Waals surface area (Å²) < 4.78 is 6.50. The van der Waals surface area contributed by atoms with Crippen molar-refractivity contribution in [2.24, 2.45) is 0 Å². The van der Waals surface area contributed by atoms with E-state index in [1.165, 1.54) is 0 Å². The van der Waals surface area contributed by atoms with Gasteiger partial charge in [-0.25, -0.2) is 0 Å². The fourth-order valence-corrected chi connectivity index (χ4v) is 98.2. The zero-order valence-corrected chi connectivity index (χ0v) is 16.1. The quantitative estimate of drug-likeness (QED) is 0.531. The number of esters is 1. The van der Waals surface area contributed by atoms with E-state index in [4.69, 9.17) is 4.74 Å². The van der Waals surface area contributed by atoms with Crippen molar-refractivity contribution in [1.82, 2.24) is 0 Å². The van der Waals surface area contributed by atoms with Crippen LogP contribution in [0.15, 0.2) is 60.7 Å². The van der Waals surface area contributed by atoms with E-state index in [1.807, 2.05) is 0 Å². The Hall–Kier alpha value is -1.57. The van der Waals surface area contributed by atoms with Gasteiger partial charge in [-0.05, 0) is 0 Å². The number of carbonyl (C=O) groups excluding carboxylic acids is 1. The first-order chi connectivity index (χ1) is 13.0. The van der Waals surface area contributed by atoms with Gasteiger partial charge in [0.2, 0.25) is 0 Å². The van der Waals surface area contributed by atoms with E-state index >= 15 is 0 Å². The fraction of sp³-hybridized carbons (Fsp3) is 0.458.